The Bertz CT molecular complexity index is 1270. The van der Waals surface area contributed by atoms with Gasteiger partial charge in [0.25, 0.3) is 11.5 Å². The number of fused-ring (bicyclic) bond motifs is 1. The lowest BCUT2D eigenvalue weighted by Crippen LogP contribution is -2.22. The highest BCUT2D eigenvalue weighted by Crippen LogP contribution is 2.22. The zero-order valence-electron chi connectivity index (χ0n) is 16.2. The van der Waals surface area contributed by atoms with Crippen molar-refractivity contribution in [3.05, 3.63) is 100 Å². The van der Waals surface area contributed by atoms with Crippen molar-refractivity contribution in [2.45, 2.75) is 6.92 Å². The molecule has 0 aliphatic carbocycles. The Morgan fingerprint density at radius 3 is 2.41 bits per heavy atom. The van der Waals surface area contributed by atoms with Gasteiger partial charge in [-0.3, -0.25) is 14.2 Å². The number of hydrogen-bond donors (Lipinski definition) is 1. The molecule has 4 rings (SSSR count). The van der Waals surface area contributed by atoms with Crippen LogP contribution in [-0.2, 0) is 0 Å². The van der Waals surface area contributed by atoms with Gasteiger partial charge in [-0.25, -0.2) is 0 Å². The van der Waals surface area contributed by atoms with Crippen LogP contribution in [0.5, 0.6) is 5.75 Å². The van der Waals surface area contributed by atoms with Crippen LogP contribution in [0, 0.1) is 6.92 Å². The number of para-hydroxylation sites is 1. The van der Waals surface area contributed by atoms with Crippen LogP contribution < -0.4 is 15.6 Å². The van der Waals surface area contributed by atoms with Crippen molar-refractivity contribution in [1.82, 2.24) is 4.57 Å². The van der Waals surface area contributed by atoms with Crippen molar-refractivity contribution in [1.29, 1.82) is 0 Å². The number of hydrogen-bond acceptors (Lipinski definition) is 3. The second kappa shape index (κ2) is 7.64. The Kier molecular flexibility index (Phi) is 4.87. The molecule has 1 aromatic heterocycles. The fraction of sp³-hybridized carbons (Fsp3) is 0.0833. The molecule has 5 nitrogen and oxygen atoms in total. The number of rotatable bonds is 4. The van der Waals surface area contributed by atoms with Crippen molar-refractivity contribution < 1.29 is 9.53 Å². The summed E-state index contributed by atoms with van der Waals surface area (Å²) in [5.41, 5.74) is 2.56. The molecule has 5 heteroatoms. The third-order valence-corrected chi connectivity index (χ3v) is 4.89. The number of ether oxygens (including phenoxy) is 1. The molecule has 0 spiro atoms. The van der Waals surface area contributed by atoms with Crippen LogP contribution in [-0.4, -0.2) is 17.6 Å². The van der Waals surface area contributed by atoms with Gasteiger partial charge in [0.1, 0.15) is 5.75 Å². The van der Waals surface area contributed by atoms with Crippen molar-refractivity contribution >= 4 is 22.4 Å². The molecule has 1 N–H and O–H groups in total. The van der Waals surface area contributed by atoms with E-state index >= 15 is 0 Å². The number of aromatic nitrogens is 1. The summed E-state index contributed by atoms with van der Waals surface area (Å²) < 4.78 is 6.76. The van der Waals surface area contributed by atoms with Crippen molar-refractivity contribution in [3.8, 4) is 11.4 Å². The number of carbonyl (C=O) groups is 1. The number of anilines is 1. The predicted octanol–water partition coefficient (Wildman–Crippen LogP) is 4.56. The van der Waals surface area contributed by atoms with Gasteiger partial charge in [-0.1, -0.05) is 42.5 Å². The van der Waals surface area contributed by atoms with Gasteiger partial charge in [-0.05, 0) is 36.8 Å². The van der Waals surface area contributed by atoms with Gasteiger partial charge in [0.2, 0.25) is 0 Å². The van der Waals surface area contributed by atoms with E-state index in [9.17, 15) is 9.59 Å². The monoisotopic (exact) mass is 384 g/mol. The molecular weight excluding hydrogens is 364 g/mol. The number of pyridine rings is 1. The Hall–Kier alpha value is -3.86. The van der Waals surface area contributed by atoms with Gasteiger partial charge < -0.3 is 10.1 Å². The minimum absolute atomic E-state index is 0.193. The fourth-order valence-electron chi connectivity index (χ4n) is 3.33. The highest BCUT2D eigenvalue weighted by atomic mass is 16.5. The average Bonchev–Trinajstić information content (AvgIpc) is 2.76. The third-order valence-electron chi connectivity index (χ3n) is 4.89. The van der Waals surface area contributed by atoms with E-state index in [-0.39, 0.29) is 11.5 Å². The minimum atomic E-state index is -0.271. The number of amides is 1. The van der Waals surface area contributed by atoms with Gasteiger partial charge in [0.15, 0.2) is 0 Å². The quantitative estimate of drug-likeness (QED) is 0.561. The highest BCUT2D eigenvalue weighted by molar-refractivity contribution is 6.12. The van der Waals surface area contributed by atoms with Gasteiger partial charge in [-0.15, -0.1) is 0 Å². The molecule has 0 atom stereocenters. The predicted molar refractivity (Wildman–Crippen MR) is 115 cm³/mol. The summed E-state index contributed by atoms with van der Waals surface area (Å²) in [4.78, 5) is 26.3. The lowest BCUT2D eigenvalue weighted by atomic mass is 10.1. The number of methoxy groups -OCH3 is 1. The molecule has 1 amide bonds. The van der Waals surface area contributed by atoms with Crippen LogP contribution in [0.2, 0.25) is 0 Å². The number of nitrogens with one attached hydrogen (secondary N) is 1. The summed E-state index contributed by atoms with van der Waals surface area (Å²) in [5.74, 6) is 0.362. The van der Waals surface area contributed by atoms with Crippen LogP contribution in [0.3, 0.4) is 0 Å². The summed E-state index contributed by atoms with van der Waals surface area (Å²) in [6.07, 6.45) is 1.59. The standard InChI is InChI=1S/C24H20N2O3/c1-16-8-3-6-13-22(16)25-23(27)21-15-26(17-9-7-10-18(14-17)29-2)24(28)20-12-5-4-11-19(20)21/h3-15H,1-2H3,(H,25,27). The van der Waals surface area contributed by atoms with Crippen LogP contribution in [0.15, 0.2) is 83.8 Å². The number of aryl methyl sites for hydroxylation is 1. The summed E-state index contributed by atoms with van der Waals surface area (Å²) in [7, 11) is 1.57. The SMILES string of the molecule is COc1cccc(-n2cc(C(=O)Nc3ccccc3C)c3ccccc3c2=O)c1. The first-order valence-corrected chi connectivity index (χ1v) is 9.24. The molecule has 0 saturated heterocycles. The largest absolute Gasteiger partial charge is 0.497 e. The van der Waals surface area contributed by atoms with Crippen molar-refractivity contribution in [3.63, 3.8) is 0 Å². The summed E-state index contributed by atoms with van der Waals surface area (Å²) in [6, 6.07) is 21.9. The fourth-order valence-corrected chi connectivity index (χ4v) is 3.33. The molecule has 0 saturated carbocycles. The molecule has 0 aliphatic rings. The van der Waals surface area contributed by atoms with Crippen molar-refractivity contribution in [2.24, 2.45) is 0 Å². The molecule has 1 heterocycles. The zero-order valence-corrected chi connectivity index (χ0v) is 16.2. The van der Waals surface area contributed by atoms with Gasteiger partial charge in [-0.2, -0.15) is 0 Å². The van der Waals surface area contributed by atoms with Crippen LogP contribution in [0.1, 0.15) is 15.9 Å². The number of benzene rings is 3. The van der Waals surface area contributed by atoms with E-state index in [4.69, 9.17) is 4.74 Å². The molecule has 4 aromatic rings. The maximum absolute atomic E-state index is 13.1. The molecule has 0 unspecified atom stereocenters. The van der Waals surface area contributed by atoms with Gasteiger partial charge >= 0.3 is 0 Å². The third kappa shape index (κ3) is 3.50. The second-order valence-corrected chi connectivity index (χ2v) is 6.73. The molecular formula is C24H20N2O3. The smallest absolute Gasteiger partial charge is 0.262 e. The molecule has 0 bridgehead atoms. The molecule has 29 heavy (non-hydrogen) atoms. The summed E-state index contributed by atoms with van der Waals surface area (Å²) >= 11 is 0. The van der Waals surface area contributed by atoms with Crippen LogP contribution in [0.25, 0.3) is 16.5 Å². The lowest BCUT2D eigenvalue weighted by molar-refractivity contribution is 0.102. The van der Waals surface area contributed by atoms with E-state index in [0.717, 1.165) is 11.3 Å². The van der Waals surface area contributed by atoms with E-state index in [0.29, 0.717) is 27.8 Å². The van der Waals surface area contributed by atoms with Gasteiger partial charge in [0, 0.05) is 28.7 Å². The lowest BCUT2D eigenvalue weighted by Gasteiger charge is -2.14. The first-order chi connectivity index (χ1) is 14.1. The maximum atomic E-state index is 13.1. The minimum Gasteiger partial charge on any atom is -0.497 e. The van der Waals surface area contributed by atoms with Crippen molar-refractivity contribution in [2.75, 3.05) is 12.4 Å². The number of carbonyl (C=O) groups excluding carboxylic acids is 1. The maximum Gasteiger partial charge on any atom is 0.262 e. The topological polar surface area (TPSA) is 60.3 Å². The van der Waals surface area contributed by atoms with E-state index < -0.39 is 0 Å². The summed E-state index contributed by atoms with van der Waals surface area (Å²) in [5, 5.41) is 4.05. The molecule has 0 aliphatic heterocycles. The zero-order chi connectivity index (χ0) is 20.4. The number of nitrogens with zero attached hydrogens (tertiary/aromatic N) is 1. The molecule has 0 fully saturated rings. The van der Waals surface area contributed by atoms with E-state index in [2.05, 4.69) is 5.32 Å². The van der Waals surface area contributed by atoms with E-state index in [1.54, 1.807) is 43.6 Å². The Morgan fingerprint density at radius 1 is 0.931 bits per heavy atom. The Morgan fingerprint density at radius 2 is 1.66 bits per heavy atom. The second-order valence-electron chi connectivity index (χ2n) is 6.73. The average molecular weight is 384 g/mol. The van der Waals surface area contributed by atoms with Gasteiger partial charge in [0.05, 0.1) is 18.4 Å². The Balaban J connectivity index is 1.89. The molecule has 0 radical (unpaired) electrons. The normalized spacial score (nSPS) is 10.7. The Labute approximate surface area is 168 Å². The first kappa shape index (κ1) is 18.5. The molecule has 3 aromatic carbocycles. The summed E-state index contributed by atoms with van der Waals surface area (Å²) in [6.45, 7) is 1.94. The van der Waals surface area contributed by atoms with Crippen LogP contribution in [0.4, 0.5) is 5.69 Å². The highest BCUT2D eigenvalue weighted by Gasteiger charge is 2.16. The van der Waals surface area contributed by atoms with Crippen LogP contribution >= 0.6 is 0 Å². The molecule has 144 valence electrons. The van der Waals surface area contributed by atoms with E-state index in [1.807, 2.05) is 49.4 Å². The first-order valence-electron chi connectivity index (χ1n) is 9.24. The van der Waals surface area contributed by atoms with E-state index in [1.165, 1.54) is 4.57 Å².